The van der Waals surface area contributed by atoms with Crippen molar-refractivity contribution >= 4 is 38.3 Å². The number of nitrogens with zero attached hydrogens (tertiary/aromatic N) is 1. The fraction of sp³-hybridized carbons (Fsp3) is 0.190. The lowest BCUT2D eigenvalue weighted by molar-refractivity contribution is -0.117. The van der Waals surface area contributed by atoms with E-state index in [1.54, 1.807) is 18.1 Å². The number of benzene rings is 2. The number of allylic oxidation sites excluding steroid dienone is 1. The minimum Gasteiger partial charge on any atom is -0.388 e. The molecule has 0 aliphatic rings. The number of carbonyl (C=O) groups excluding carboxylic acids is 1. The van der Waals surface area contributed by atoms with Crippen molar-refractivity contribution < 1.29 is 9.90 Å². The number of carbonyl (C=O) groups is 1. The average Bonchev–Trinajstić information content (AvgIpc) is 2.71. The smallest absolute Gasteiger partial charge is 0.214 e. The number of aliphatic hydroxyl groups excluding tert-OH is 1. The van der Waals surface area contributed by atoms with Gasteiger partial charge in [0.05, 0.1) is 10.9 Å². The first-order chi connectivity index (χ1) is 13.0. The summed E-state index contributed by atoms with van der Waals surface area (Å²) < 4.78 is 0. The fourth-order valence-corrected chi connectivity index (χ4v) is 3.42. The van der Waals surface area contributed by atoms with Gasteiger partial charge < -0.3 is 15.3 Å². The summed E-state index contributed by atoms with van der Waals surface area (Å²) in [6, 6.07) is 19.3. The molecule has 0 aliphatic carbocycles. The highest BCUT2D eigenvalue weighted by molar-refractivity contribution is 9.12. The third-order valence-corrected chi connectivity index (χ3v) is 6.36. The number of alkyl halides is 2. The van der Waals surface area contributed by atoms with Crippen molar-refractivity contribution in [2.45, 2.75) is 15.9 Å². The Bertz CT molecular complexity index is 740. The van der Waals surface area contributed by atoms with Crippen molar-refractivity contribution in [1.29, 1.82) is 0 Å². The standard InChI is InChI=1S/C21H22Br2N2O2/c1-15(24-2)18(19(22)21(23)27)13-25(14-26)20(16-9-5-3-6-10-16)17-11-7-4-8-12-17/h3-14,19-21,24,27H,1H2,2H3/b18-13+. The maximum Gasteiger partial charge on any atom is 0.214 e. The van der Waals surface area contributed by atoms with Gasteiger partial charge >= 0.3 is 0 Å². The number of rotatable bonds is 9. The average molecular weight is 494 g/mol. The molecule has 0 aliphatic heterocycles. The topological polar surface area (TPSA) is 52.6 Å². The lowest BCUT2D eigenvalue weighted by atomic mass is 9.97. The summed E-state index contributed by atoms with van der Waals surface area (Å²) >= 11 is 6.63. The van der Waals surface area contributed by atoms with Crippen LogP contribution in [0.15, 0.2) is 84.7 Å². The van der Waals surface area contributed by atoms with Crippen LogP contribution in [0.5, 0.6) is 0 Å². The lowest BCUT2D eigenvalue weighted by Crippen LogP contribution is -2.28. The van der Waals surface area contributed by atoms with E-state index in [0.717, 1.165) is 17.5 Å². The zero-order valence-corrected chi connectivity index (χ0v) is 18.1. The molecule has 1 amide bonds. The van der Waals surface area contributed by atoms with Gasteiger partial charge in [-0.15, -0.1) is 0 Å². The summed E-state index contributed by atoms with van der Waals surface area (Å²) in [5.74, 6) is 0. The molecular formula is C21H22Br2N2O2. The van der Waals surface area contributed by atoms with Crippen molar-refractivity contribution in [3.63, 3.8) is 0 Å². The number of hydrogen-bond donors (Lipinski definition) is 2. The zero-order valence-electron chi connectivity index (χ0n) is 14.9. The SMILES string of the molecule is C=C(NC)/C(=C\N(C=O)C(c1ccccc1)c1ccccc1)C(Br)C(O)Br. The third kappa shape index (κ3) is 5.54. The predicted octanol–water partition coefficient (Wildman–Crippen LogP) is 4.33. The molecule has 2 rings (SSSR count). The number of likely N-dealkylation sites (N-methyl/N-ethyl adjacent to an activating group) is 1. The lowest BCUT2D eigenvalue weighted by Gasteiger charge is -2.29. The fourth-order valence-electron chi connectivity index (χ4n) is 2.74. The van der Waals surface area contributed by atoms with Crippen LogP contribution in [0.25, 0.3) is 0 Å². The van der Waals surface area contributed by atoms with E-state index in [4.69, 9.17) is 0 Å². The molecule has 6 heteroatoms. The van der Waals surface area contributed by atoms with E-state index in [1.165, 1.54) is 0 Å². The Hall–Kier alpha value is -1.89. The Balaban J connectivity index is 2.57. The number of halogens is 2. The molecule has 142 valence electrons. The van der Waals surface area contributed by atoms with Crippen LogP contribution in [0, 0.1) is 0 Å². The van der Waals surface area contributed by atoms with Gasteiger partial charge in [-0.25, -0.2) is 0 Å². The van der Waals surface area contributed by atoms with E-state index < -0.39 is 9.84 Å². The first-order valence-corrected chi connectivity index (χ1v) is 10.2. The van der Waals surface area contributed by atoms with Crippen LogP contribution >= 0.6 is 31.9 Å². The van der Waals surface area contributed by atoms with Crippen molar-refractivity contribution in [2.24, 2.45) is 0 Å². The number of aliphatic hydroxyl groups is 1. The zero-order chi connectivity index (χ0) is 19.8. The maximum atomic E-state index is 12.1. The molecule has 2 N–H and O–H groups in total. The predicted molar refractivity (Wildman–Crippen MR) is 117 cm³/mol. The van der Waals surface area contributed by atoms with E-state index in [1.807, 2.05) is 60.7 Å². The molecule has 0 spiro atoms. The molecule has 0 radical (unpaired) electrons. The minimum absolute atomic E-state index is 0.309. The highest BCUT2D eigenvalue weighted by Crippen LogP contribution is 2.31. The number of hydrogen-bond acceptors (Lipinski definition) is 3. The summed E-state index contributed by atoms with van der Waals surface area (Å²) in [4.78, 5) is 13.2. The van der Waals surface area contributed by atoms with Crippen molar-refractivity contribution in [2.75, 3.05) is 7.05 Å². The Morgan fingerprint density at radius 1 is 1.07 bits per heavy atom. The van der Waals surface area contributed by atoms with Crippen LogP contribution < -0.4 is 5.32 Å². The van der Waals surface area contributed by atoms with Gasteiger partial charge in [-0.05, 0) is 11.1 Å². The van der Waals surface area contributed by atoms with E-state index in [0.29, 0.717) is 11.3 Å². The second kappa shape index (κ2) is 10.4. The van der Waals surface area contributed by atoms with Gasteiger partial charge in [-0.2, -0.15) is 0 Å². The van der Waals surface area contributed by atoms with Crippen molar-refractivity contribution in [1.82, 2.24) is 10.2 Å². The Labute approximate surface area is 176 Å². The molecule has 2 aromatic rings. The first-order valence-electron chi connectivity index (χ1n) is 8.37. The molecule has 27 heavy (non-hydrogen) atoms. The molecule has 0 fully saturated rings. The molecule has 2 aromatic carbocycles. The van der Waals surface area contributed by atoms with Crippen molar-refractivity contribution in [3.8, 4) is 0 Å². The molecular weight excluding hydrogens is 472 g/mol. The van der Waals surface area contributed by atoms with E-state index in [2.05, 4.69) is 43.8 Å². The monoisotopic (exact) mass is 492 g/mol. The van der Waals surface area contributed by atoms with Crippen molar-refractivity contribution in [3.05, 3.63) is 95.8 Å². The molecule has 2 unspecified atom stereocenters. The van der Waals surface area contributed by atoms with Gasteiger partial charge in [-0.1, -0.05) is 99.1 Å². The van der Waals surface area contributed by atoms with Gasteiger partial charge in [0.2, 0.25) is 6.41 Å². The second-order valence-electron chi connectivity index (χ2n) is 5.86. The number of nitrogens with one attached hydrogen (secondary N) is 1. The molecule has 0 saturated heterocycles. The van der Waals surface area contributed by atoms with Gasteiger partial charge in [0.15, 0.2) is 0 Å². The summed E-state index contributed by atoms with van der Waals surface area (Å²) in [6.07, 6.45) is 2.49. The molecule has 0 heterocycles. The number of amides is 1. The normalized spacial score (nSPS) is 13.7. The van der Waals surface area contributed by atoms with Gasteiger partial charge in [0.1, 0.15) is 5.01 Å². The van der Waals surface area contributed by atoms with Crippen LogP contribution in [-0.2, 0) is 4.79 Å². The Morgan fingerprint density at radius 2 is 1.56 bits per heavy atom. The highest BCUT2D eigenvalue weighted by atomic mass is 79.9. The van der Waals surface area contributed by atoms with E-state index >= 15 is 0 Å². The summed E-state index contributed by atoms with van der Waals surface area (Å²) in [6.45, 7) is 3.99. The van der Waals surface area contributed by atoms with Crippen LogP contribution in [0.4, 0.5) is 0 Å². The molecule has 0 bridgehead atoms. The highest BCUT2D eigenvalue weighted by Gasteiger charge is 2.25. The quantitative estimate of drug-likeness (QED) is 0.310. The molecule has 0 aromatic heterocycles. The largest absolute Gasteiger partial charge is 0.388 e. The van der Waals surface area contributed by atoms with Gasteiger partial charge in [0.25, 0.3) is 0 Å². The molecule has 0 saturated carbocycles. The van der Waals surface area contributed by atoms with Gasteiger partial charge in [0, 0.05) is 24.5 Å². The third-order valence-electron chi connectivity index (χ3n) is 4.13. The Morgan fingerprint density at radius 3 is 1.93 bits per heavy atom. The Kier molecular flexibility index (Phi) is 8.28. The van der Waals surface area contributed by atoms with Crippen LogP contribution in [0.1, 0.15) is 17.2 Å². The van der Waals surface area contributed by atoms with Gasteiger partial charge in [-0.3, -0.25) is 4.79 Å². The second-order valence-corrected chi connectivity index (χ2v) is 7.79. The first kappa shape index (κ1) is 21.4. The maximum absolute atomic E-state index is 12.1. The minimum atomic E-state index is -0.839. The molecule has 2 atom stereocenters. The van der Waals surface area contributed by atoms with Crippen LogP contribution in [-0.4, -0.2) is 33.3 Å². The summed E-state index contributed by atoms with van der Waals surface area (Å²) in [7, 11) is 1.74. The van der Waals surface area contributed by atoms with Crippen LogP contribution in [0.3, 0.4) is 0 Å². The van der Waals surface area contributed by atoms with E-state index in [-0.39, 0.29) is 6.04 Å². The summed E-state index contributed by atoms with van der Waals surface area (Å²) in [5.41, 5.74) is 3.21. The van der Waals surface area contributed by atoms with Crippen LogP contribution in [0.2, 0.25) is 0 Å². The van der Waals surface area contributed by atoms with E-state index in [9.17, 15) is 9.90 Å². The molecule has 4 nitrogen and oxygen atoms in total. The summed E-state index contributed by atoms with van der Waals surface area (Å²) in [5, 5.41) is 12.1.